The largest absolute Gasteiger partial charge is 0.330 e. The van der Waals surface area contributed by atoms with E-state index >= 15 is 0 Å². The van der Waals surface area contributed by atoms with Crippen LogP contribution in [0.4, 0.5) is 0 Å². The molecule has 0 radical (unpaired) electrons. The van der Waals surface area contributed by atoms with Crippen molar-refractivity contribution in [3.05, 3.63) is 29.6 Å². The lowest BCUT2D eigenvalue weighted by molar-refractivity contribution is 0.539. The topological polar surface area (TPSA) is 43.8 Å². The summed E-state index contributed by atoms with van der Waals surface area (Å²) in [4.78, 5) is 4.70. The summed E-state index contributed by atoms with van der Waals surface area (Å²) in [6.45, 7) is 7.12. The molecule has 0 unspecified atom stereocenters. The van der Waals surface area contributed by atoms with Gasteiger partial charge >= 0.3 is 0 Å². The van der Waals surface area contributed by atoms with E-state index in [0.717, 1.165) is 11.3 Å². The third-order valence-corrected chi connectivity index (χ3v) is 4.07. The van der Waals surface area contributed by atoms with Crippen LogP contribution < -0.4 is 5.73 Å². The maximum absolute atomic E-state index is 5.85. The molecule has 1 saturated carbocycles. The van der Waals surface area contributed by atoms with Crippen LogP contribution in [0.2, 0.25) is 0 Å². The lowest BCUT2D eigenvalue weighted by atomic mass is 9.85. The van der Waals surface area contributed by atoms with Crippen LogP contribution in [-0.2, 0) is 5.41 Å². The molecule has 3 rings (SSSR count). The average Bonchev–Trinajstić information content (AvgIpc) is 3.11. The minimum absolute atomic E-state index is 0.0193. The molecule has 0 aliphatic heterocycles. The molecule has 0 spiro atoms. The Labute approximate surface area is 108 Å². The average molecular weight is 243 g/mol. The Morgan fingerprint density at radius 1 is 1.39 bits per heavy atom. The van der Waals surface area contributed by atoms with Gasteiger partial charge in [-0.05, 0) is 37.5 Å². The fraction of sp³-hybridized carbons (Fsp3) is 0.533. The lowest BCUT2D eigenvalue weighted by Gasteiger charge is -2.22. The van der Waals surface area contributed by atoms with E-state index < -0.39 is 0 Å². The van der Waals surface area contributed by atoms with Crippen LogP contribution in [0.1, 0.15) is 44.1 Å². The Bertz CT molecular complexity index is 591. The zero-order chi connectivity index (χ0) is 12.9. The second-order valence-electron chi connectivity index (χ2n) is 6.05. The number of nitrogens with two attached hydrogens (primary N) is 1. The summed E-state index contributed by atoms with van der Waals surface area (Å²) >= 11 is 0. The molecule has 1 aromatic heterocycles. The Morgan fingerprint density at radius 3 is 2.72 bits per heavy atom. The molecule has 2 aromatic rings. The van der Waals surface area contributed by atoms with Crippen molar-refractivity contribution in [3.8, 4) is 0 Å². The van der Waals surface area contributed by atoms with E-state index in [1.54, 1.807) is 0 Å². The molecule has 1 heterocycles. The number of imidazole rings is 1. The van der Waals surface area contributed by atoms with Gasteiger partial charge in [-0.1, -0.05) is 19.9 Å². The summed E-state index contributed by atoms with van der Waals surface area (Å²) < 4.78 is 2.38. The molecule has 18 heavy (non-hydrogen) atoms. The number of aryl methyl sites for hydroxylation is 1. The molecule has 2 N–H and O–H groups in total. The Balaban J connectivity index is 2.14. The first-order chi connectivity index (χ1) is 8.53. The molecule has 3 heteroatoms. The van der Waals surface area contributed by atoms with Crippen molar-refractivity contribution in [1.82, 2.24) is 9.55 Å². The Hall–Kier alpha value is -1.35. The molecule has 0 amide bonds. The predicted molar refractivity (Wildman–Crippen MR) is 74.8 cm³/mol. The standard InChI is InChI=1S/C15H21N3/c1-10-17-13-8-11(15(2,3)9-16)4-7-14(13)18(10)12-5-6-12/h4,7-8,12H,5-6,9,16H2,1-3H3. The van der Waals surface area contributed by atoms with E-state index in [-0.39, 0.29) is 5.41 Å². The van der Waals surface area contributed by atoms with Gasteiger partial charge in [-0.25, -0.2) is 4.98 Å². The summed E-state index contributed by atoms with van der Waals surface area (Å²) in [6, 6.07) is 7.30. The second-order valence-corrected chi connectivity index (χ2v) is 6.05. The molecule has 1 aliphatic rings. The summed E-state index contributed by atoms with van der Waals surface area (Å²) in [5.41, 5.74) is 9.52. The smallest absolute Gasteiger partial charge is 0.106 e. The molecule has 0 atom stereocenters. The van der Waals surface area contributed by atoms with Gasteiger partial charge < -0.3 is 10.3 Å². The molecular formula is C15H21N3. The first kappa shape index (κ1) is 11.7. The first-order valence-electron chi connectivity index (χ1n) is 6.72. The normalized spacial score (nSPS) is 16.4. The van der Waals surface area contributed by atoms with Crippen molar-refractivity contribution in [3.63, 3.8) is 0 Å². The van der Waals surface area contributed by atoms with Gasteiger partial charge in [-0.15, -0.1) is 0 Å². The molecule has 3 nitrogen and oxygen atoms in total. The van der Waals surface area contributed by atoms with Crippen LogP contribution in [0.3, 0.4) is 0 Å². The Kier molecular flexibility index (Phi) is 2.49. The van der Waals surface area contributed by atoms with Crippen molar-refractivity contribution in [2.24, 2.45) is 5.73 Å². The monoisotopic (exact) mass is 243 g/mol. The summed E-state index contributed by atoms with van der Waals surface area (Å²) in [5, 5.41) is 0. The van der Waals surface area contributed by atoms with Crippen LogP contribution in [0.5, 0.6) is 0 Å². The lowest BCUT2D eigenvalue weighted by Crippen LogP contribution is -2.27. The maximum Gasteiger partial charge on any atom is 0.106 e. The fourth-order valence-corrected chi connectivity index (χ4v) is 2.55. The number of hydrogen-bond acceptors (Lipinski definition) is 2. The summed E-state index contributed by atoms with van der Waals surface area (Å²) in [7, 11) is 0. The Morgan fingerprint density at radius 2 is 2.11 bits per heavy atom. The predicted octanol–water partition coefficient (Wildman–Crippen LogP) is 2.92. The number of fused-ring (bicyclic) bond motifs is 1. The van der Waals surface area contributed by atoms with Crippen LogP contribution in [0.25, 0.3) is 11.0 Å². The van der Waals surface area contributed by atoms with Crippen LogP contribution in [0.15, 0.2) is 18.2 Å². The number of rotatable bonds is 3. The molecule has 0 bridgehead atoms. The van der Waals surface area contributed by atoms with Gasteiger partial charge in [-0.2, -0.15) is 0 Å². The summed E-state index contributed by atoms with van der Waals surface area (Å²) in [6.07, 6.45) is 2.59. The van der Waals surface area contributed by atoms with Gasteiger partial charge in [0.25, 0.3) is 0 Å². The number of nitrogens with zero attached hydrogens (tertiary/aromatic N) is 2. The third kappa shape index (κ3) is 1.74. The van der Waals surface area contributed by atoms with Crippen LogP contribution >= 0.6 is 0 Å². The van der Waals surface area contributed by atoms with Crippen LogP contribution in [-0.4, -0.2) is 16.1 Å². The second kappa shape index (κ2) is 3.82. The highest BCUT2D eigenvalue weighted by Gasteiger charge is 2.27. The molecule has 1 aliphatic carbocycles. The summed E-state index contributed by atoms with van der Waals surface area (Å²) in [5.74, 6) is 1.13. The zero-order valence-corrected chi connectivity index (χ0v) is 11.4. The van der Waals surface area contributed by atoms with Crippen molar-refractivity contribution in [2.75, 3.05) is 6.54 Å². The number of hydrogen-bond donors (Lipinski definition) is 1. The van der Waals surface area contributed by atoms with Crippen LogP contribution in [0, 0.1) is 6.92 Å². The third-order valence-electron chi connectivity index (χ3n) is 4.07. The van der Waals surface area contributed by atoms with Crippen molar-refractivity contribution in [1.29, 1.82) is 0 Å². The van der Waals surface area contributed by atoms with Gasteiger partial charge in [0.2, 0.25) is 0 Å². The van der Waals surface area contributed by atoms with Gasteiger partial charge in [0.1, 0.15) is 5.82 Å². The zero-order valence-electron chi connectivity index (χ0n) is 11.4. The fourth-order valence-electron chi connectivity index (χ4n) is 2.55. The van der Waals surface area contributed by atoms with E-state index in [0.29, 0.717) is 12.6 Å². The van der Waals surface area contributed by atoms with Gasteiger partial charge in [0.05, 0.1) is 11.0 Å². The SMILES string of the molecule is Cc1nc2cc(C(C)(C)CN)ccc2n1C1CC1. The van der Waals surface area contributed by atoms with E-state index in [2.05, 4.69) is 43.5 Å². The van der Waals surface area contributed by atoms with Gasteiger partial charge in [-0.3, -0.25) is 0 Å². The number of aromatic nitrogens is 2. The van der Waals surface area contributed by atoms with E-state index in [9.17, 15) is 0 Å². The molecule has 0 saturated heterocycles. The number of benzene rings is 1. The minimum Gasteiger partial charge on any atom is -0.330 e. The van der Waals surface area contributed by atoms with Gasteiger partial charge in [0, 0.05) is 18.0 Å². The molecular weight excluding hydrogens is 222 g/mol. The molecule has 1 fully saturated rings. The highest BCUT2D eigenvalue weighted by Crippen LogP contribution is 2.39. The molecule has 1 aromatic carbocycles. The van der Waals surface area contributed by atoms with Crippen molar-refractivity contribution >= 4 is 11.0 Å². The highest BCUT2D eigenvalue weighted by atomic mass is 15.1. The van der Waals surface area contributed by atoms with Gasteiger partial charge in [0.15, 0.2) is 0 Å². The highest BCUT2D eigenvalue weighted by molar-refractivity contribution is 5.77. The van der Waals surface area contributed by atoms with Crippen molar-refractivity contribution in [2.45, 2.75) is 45.1 Å². The maximum atomic E-state index is 5.85. The van der Waals surface area contributed by atoms with E-state index in [1.807, 2.05) is 0 Å². The van der Waals surface area contributed by atoms with E-state index in [4.69, 9.17) is 10.7 Å². The molecule has 96 valence electrons. The van der Waals surface area contributed by atoms with E-state index in [1.165, 1.54) is 23.9 Å². The van der Waals surface area contributed by atoms with Crippen molar-refractivity contribution < 1.29 is 0 Å². The minimum atomic E-state index is 0.0193. The quantitative estimate of drug-likeness (QED) is 0.900. The first-order valence-corrected chi connectivity index (χ1v) is 6.72.